The van der Waals surface area contributed by atoms with Gasteiger partial charge in [0.25, 0.3) is 0 Å². The van der Waals surface area contributed by atoms with Gasteiger partial charge in [0.15, 0.2) is 0 Å². The van der Waals surface area contributed by atoms with Crippen molar-refractivity contribution in [2.75, 3.05) is 11.5 Å². The van der Waals surface area contributed by atoms with E-state index in [2.05, 4.69) is 62.4 Å². The predicted octanol–water partition coefficient (Wildman–Crippen LogP) is 8.59. The Balaban J connectivity index is 1.36. The van der Waals surface area contributed by atoms with Crippen molar-refractivity contribution in [3.8, 4) is 5.75 Å². The van der Waals surface area contributed by atoms with Gasteiger partial charge in [0, 0.05) is 5.92 Å². The SMILES string of the molecule is CC[C@H]1O[C@@](O)(C2(c3ccc(OCc4ccccc4)cc3)SCCCS2)[C@H](OCc2ccccc2)[C@@H](OCc2ccccc2)[C@@H]1C. The summed E-state index contributed by atoms with van der Waals surface area (Å²) >= 11 is 3.50. The molecule has 242 valence electrons. The van der Waals surface area contributed by atoms with Gasteiger partial charge >= 0.3 is 0 Å². The third-order valence-electron chi connectivity index (χ3n) is 8.93. The van der Waals surface area contributed by atoms with Gasteiger partial charge in [-0.05, 0) is 58.7 Å². The summed E-state index contributed by atoms with van der Waals surface area (Å²) in [6, 6.07) is 38.7. The number of thioether (sulfide) groups is 2. The molecule has 7 heteroatoms. The van der Waals surface area contributed by atoms with Crippen LogP contribution in [0.15, 0.2) is 115 Å². The van der Waals surface area contributed by atoms with Gasteiger partial charge in [0.2, 0.25) is 5.79 Å². The molecule has 0 amide bonds. The molecule has 2 heterocycles. The summed E-state index contributed by atoms with van der Waals surface area (Å²) in [7, 11) is 0. The van der Waals surface area contributed by atoms with E-state index < -0.39 is 22.1 Å². The van der Waals surface area contributed by atoms with Gasteiger partial charge in [0.1, 0.15) is 22.5 Å². The van der Waals surface area contributed by atoms with Gasteiger partial charge < -0.3 is 24.1 Å². The van der Waals surface area contributed by atoms with E-state index in [4.69, 9.17) is 18.9 Å². The molecular weight excluding hydrogens is 613 g/mol. The molecule has 2 fully saturated rings. The second kappa shape index (κ2) is 15.4. The van der Waals surface area contributed by atoms with Crippen molar-refractivity contribution in [1.29, 1.82) is 0 Å². The second-order valence-corrected chi connectivity index (χ2v) is 14.9. The van der Waals surface area contributed by atoms with Gasteiger partial charge in [0.05, 0.1) is 25.4 Å². The smallest absolute Gasteiger partial charge is 0.224 e. The quantitative estimate of drug-likeness (QED) is 0.164. The third kappa shape index (κ3) is 7.20. The van der Waals surface area contributed by atoms with E-state index in [-0.39, 0.29) is 12.0 Å². The summed E-state index contributed by atoms with van der Waals surface area (Å²) in [5.74, 6) is 0.903. The first kappa shape index (κ1) is 33.1. The first-order chi connectivity index (χ1) is 22.5. The molecule has 0 saturated carbocycles. The highest BCUT2D eigenvalue weighted by Crippen LogP contribution is 2.61. The van der Waals surface area contributed by atoms with Crippen molar-refractivity contribution in [3.63, 3.8) is 0 Å². The van der Waals surface area contributed by atoms with Crippen LogP contribution < -0.4 is 4.74 Å². The summed E-state index contributed by atoms with van der Waals surface area (Å²) in [5, 5.41) is 13.2. The van der Waals surface area contributed by atoms with Crippen molar-refractivity contribution in [2.45, 2.75) is 74.7 Å². The maximum absolute atomic E-state index is 13.2. The molecular formula is C39H44O5S2. The van der Waals surface area contributed by atoms with Crippen LogP contribution in [0.4, 0.5) is 0 Å². The highest BCUT2D eigenvalue weighted by molar-refractivity contribution is 8.18. The van der Waals surface area contributed by atoms with Crippen molar-refractivity contribution in [1.82, 2.24) is 0 Å². The van der Waals surface area contributed by atoms with Crippen LogP contribution in [0.3, 0.4) is 0 Å². The highest BCUT2D eigenvalue weighted by atomic mass is 32.2. The maximum Gasteiger partial charge on any atom is 0.224 e. The molecule has 0 aliphatic carbocycles. The summed E-state index contributed by atoms with van der Waals surface area (Å²) in [5.41, 5.74) is 4.22. The molecule has 5 atom stereocenters. The molecule has 4 aromatic rings. The highest BCUT2D eigenvalue weighted by Gasteiger charge is 2.66. The zero-order valence-corrected chi connectivity index (χ0v) is 28.3. The zero-order valence-electron chi connectivity index (χ0n) is 26.6. The Morgan fingerprint density at radius 1 is 0.717 bits per heavy atom. The van der Waals surface area contributed by atoms with Crippen LogP contribution in [0.1, 0.15) is 48.9 Å². The van der Waals surface area contributed by atoms with Crippen LogP contribution in [0, 0.1) is 5.92 Å². The van der Waals surface area contributed by atoms with E-state index in [1.807, 2.05) is 66.7 Å². The van der Waals surface area contributed by atoms with Gasteiger partial charge in [-0.15, -0.1) is 23.5 Å². The van der Waals surface area contributed by atoms with Crippen LogP contribution in [0.25, 0.3) is 0 Å². The molecule has 2 aliphatic rings. The summed E-state index contributed by atoms with van der Waals surface area (Å²) < 4.78 is 25.8. The third-order valence-corrected chi connectivity index (χ3v) is 12.5. The Bertz CT molecular complexity index is 1480. The Labute approximate surface area is 282 Å². The second-order valence-electron chi connectivity index (χ2n) is 12.1. The maximum atomic E-state index is 13.2. The van der Waals surface area contributed by atoms with E-state index in [9.17, 15) is 5.11 Å². The monoisotopic (exact) mass is 656 g/mol. The predicted molar refractivity (Wildman–Crippen MR) is 188 cm³/mol. The van der Waals surface area contributed by atoms with Crippen LogP contribution in [-0.2, 0) is 38.1 Å². The van der Waals surface area contributed by atoms with Gasteiger partial charge in [-0.25, -0.2) is 0 Å². The molecule has 2 aliphatic heterocycles. The fourth-order valence-corrected chi connectivity index (χ4v) is 9.95. The minimum Gasteiger partial charge on any atom is -0.489 e. The Morgan fingerprint density at radius 2 is 1.24 bits per heavy atom. The lowest BCUT2D eigenvalue weighted by Gasteiger charge is -2.57. The van der Waals surface area contributed by atoms with Crippen LogP contribution in [0.2, 0.25) is 0 Å². The molecule has 2 saturated heterocycles. The number of hydrogen-bond acceptors (Lipinski definition) is 7. The van der Waals surface area contributed by atoms with E-state index in [1.165, 1.54) is 0 Å². The minimum atomic E-state index is -1.68. The summed E-state index contributed by atoms with van der Waals surface area (Å²) in [6.45, 7) is 5.54. The summed E-state index contributed by atoms with van der Waals surface area (Å²) in [6.07, 6.45) is 0.443. The van der Waals surface area contributed by atoms with E-state index >= 15 is 0 Å². The molecule has 0 bridgehead atoms. The fourth-order valence-electron chi connectivity index (χ4n) is 6.43. The van der Waals surface area contributed by atoms with Crippen molar-refractivity contribution >= 4 is 23.5 Å². The summed E-state index contributed by atoms with van der Waals surface area (Å²) in [4.78, 5) is 0. The molecule has 0 radical (unpaired) electrons. The molecule has 0 unspecified atom stereocenters. The van der Waals surface area contributed by atoms with Crippen LogP contribution >= 0.6 is 23.5 Å². The number of rotatable bonds is 12. The Kier molecular flexibility index (Phi) is 11.1. The number of hydrogen-bond donors (Lipinski definition) is 1. The van der Waals surface area contributed by atoms with Crippen molar-refractivity contribution in [3.05, 3.63) is 138 Å². The average Bonchev–Trinajstić information content (AvgIpc) is 3.12. The normalized spacial score (nSPS) is 26.0. The minimum absolute atomic E-state index is 0.000774. The largest absolute Gasteiger partial charge is 0.489 e. The van der Waals surface area contributed by atoms with Gasteiger partial charge in [-0.1, -0.05) is 117 Å². The van der Waals surface area contributed by atoms with E-state index in [0.717, 1.165) is 52.4 Å². The standard InChI is InChI=1S/C39H44O5S2/c1-3-35-29(2)36(42-27-31-16-9-5-10-17-31)37(43-28-32-18-11-6-12-19-32)38(40,44-35)39(45-24-13-25-46-39)33-20-22-34(23-21-33)41-26-30-14-7-4-8-15-30/h4-12,14-23,29,35-37,40H,3,13,24-28H2,1-2H3/t29-,35-,36+,37-,38-/m1/s1. The van der Waals surface area contributed by atoms with Crippen molar-refractivity contribution < 1.29 is 24.1 Å². The molecule has 5 nitrogen and oxygen atoms in total. The molecule has 0 spiro atoms. The Morgan fingerprint density at radius 3 is 1.78 bits per heavy atom. The topological polar surface area (TPSA) is 57.2 Å². The lowest BCUT2D eigenvalue weighted by Crippen LogP contribution is -2.69. The van der Waals surface area contributed by atoms with Crippen LogP contribution in [-0.4, -0.2) is 40.7 Å². The zero-order chi connectivity index (χ0) is 31.8. The number of aliphatic hydroxyl groups is 1. The molecule has 46 heavy (non-hydrogen) atoms. The Hall–Kier alpha value is -2.78. The van der Waals surface area contributed by atoms with E-state index in [1.54, 1.807) is 23.5 Å². The lowest BCUT2D eigenvalue weighted by molar-refractivity contribution is -0.357. The number of benzene rings is 4. The van der Waals surface area contributed by atoms with E-state index in [0.29, 0.717) is 19.8 Å². The first-order valence-corrected chi connectivity index (χ1v) is 18.3. The fraction of sp³-hybridized carbons (Fsp3) is 0.385. The molecule has 6 rings (SSSR count). The van der Waals surface area contributed by atoms with Gasteiger partial charge in [-0.2, -0.15) is 0 Å². The van der Waals surface area contributed by atoms with Crippen molar-refractivity contribution in [2.24, 2.45) is 5.92 Å². The molecule has 4 aromatic carbocycles. The van der Waals surface area contributed by atoms with Crippen LogP contribution in [0.5, 0.6) is 5.75 Å². The lowest BCUT2D eigenvalue weighted by atomic mass is 9.82. The van der Waals surface area contributed by atoms with Gasteiger partial charge in [-0.3, -0.25) is 0 Å². The molecule has 0 aromatic heterocycles. The average molecular weight is 657 g/mol. The molecule has 1 N–H and O–H groups in total. The first-order valence-electron chi connectivity index (χ1n) is 16.3. The number of ether oxygens (including phenoxy) is 4.